The molecule has 4 aromatic rings. The maximum atomic E-state index is 13.5. The van der Waals surface area contributed by atoms with Crippen molar-refractivity contribution in [2.24, 2.45) is 0 Å². The molecule has 0 saturated carbocycles. The molecule has 1 heterocycles. The first kappa shape index (κ1) is 22.3. The number of aromatic amines is 1. The number of H-pyrrole nitrogens is 1. The zero-order valence-corrected chi connectivity index (χ0v) is 18.7. The number of fused-ring (bicyclic) bond motifs is 1. The van der Waals surface area contributed by atoms with E-state index in [0.717, 1.165) is 12.1 Å². The first-order chi connectivity index (χ1) is 15.0. The lowest BCUT2D eigenvalue weighted by Gasteiger charge is -2.12. The molecular weight excluding hydrogens is 483 g/mol. The van der Waals surface area contributed by atoms with Gasteiger partial charge in [-0.1, -0.05) is 29.3 Å². The summed E-state index contributed by atoms with van der Waals surface area (Å²) in [5.74, 6) is -2.00. The Morgan fingerprint density at radius 2 is 1.78 bits per heavy atom. The van der Waals surface area contributed by atoms with Crippen molar-refractivity contribution in [3.8, 4) is 0 Å². The molecule has 2 N–H and O–H groups in total. The summed E-state index contributed by atoms with van der Waals surface area (Å²) in [5, 5.41) is 3.36. The number of nitrogens with one attached hydrogen (secondary N) is 2. The Morgan fingerprint density at radius 3 is 2.47 bits per heavy atom. The highest BCUT2D eigenvalue weighted by atomic mass is 35.5. The zero-order chi connectivity index (χ0) is 23.2. The SMILES string of the molecule is Cc1cc(Cl)cc(Cl)c1S(=O)(=O)Nc1ccc2[nH]n(Cc3ccc(F)c(F)c3)c(=O)c2c1. The lowest BCUT2D eigenvalue weighted by molar-refractivity contribution is 0.505. The molecule has 1 aromatic heterocycles. The number of nitrogens with zero attached hydrogens (tertiary/aromatic N) is 1. The second kappa shape index (κ2) is 8.23. The second-order valence-electron chi connectivity index (χ2n) is 7.15. The van der Waals surface area contributed by atoms with Gasteiger partial charge in [0.15, 0.2) is 11.6 Å². The van der Waals surface area contributed by atoms with E-state index in [0.29, 0.717) is 21.7 Å². The van der Waals surface area contributed by atoms with Crippen molar-refractivity contribution < 1.29 is 17.2 Å². The summed E-state index contributed by atoms with van der Waals surface area (Å²) >= 11 is 12.0. The van der Waals surface area contributed by atoms with Crippen LogP contribution in [0.2, 0.25) is 10.0 Å². The lowest BCUT2D eigenvalue weighted by atomic mass is 10.2. The van der Waals surface area contributed by atoms with Crippen LogP contribution in [-0.4, -0.2) is 18.2 Å². The number of anilines is 1. The Labute approximate surface area is 191 Å². The minimum absolute atomic E-state index is 0.0225. The van der Waals surface area contributed by atoms with Gasteiger partial charge in [0.1, 0.15) is 4.90 Å². The fourth-order valence-corrected chi connectivity index (χ4v) is 5.63. The highest BCUT2D eigenvalue weighted by Crippen LogP contribution is 2.30. The Hall–Kier alpha value is -2.88. The average molecular weight is 498 g/mol. The van der Waals surface area contributed by atoms with Crippen LogP contribution in [-0.2, 0) is 16.6 Å². The summed E-state index contributed by atoms with van der Waals surface area (Å²) in [5.41, 5.74) is 0.893. The number of halogens is 4. The Kier molecular flexibility index (Phi) is 5.74. The van der Waals surface area contributed by atoms with Crippen LogP contribution in [0.4, 0.5) is 14.5 Å². The fraction of sp³-hybridized carbons (Fsp3) is 0.0952. The lowest BCUT2D eigenvalue weighted by Crippen LogP contribution is -2.17. The number of sulfonamides is 1. The minimum Gasteiger partial charge on any atom is -0.295 e. The predicted molar refractivity (Wildman–Crippen MR) is 120 cm³/mol. The van der Waals surface area contributed by atoms with Crippen LogP contribution in [0.15, 0.2) is 58.2 Å². The van der Waals surface area contributed by atoms with Gasteiger partial charge in [0.25, 0.3) is 15.6 Å². The third-order valence-electron chi connectivity index (χ3n) is 4.79. The molecular formula is C21H15Cl2F2N3O3S. The monoisotopic (exact) mass is 497 g/mol. The number of aryl methyl sites for hydroxylation is 1. The van der Waals surface area contributed by atoms with Crippen LogP contribution in [0.25, 0.3) is 10.9 Å². The first-order valence-electron chi connectivity index (χ1n) is 9.20. The standard InChI is InChI=1S/C21H15Cl2F2N3O3S/c1-11-6-13(22)8-16(23)20(11)32(30,31)27-14-3-5-19-15(9-14)21(29)28(26-19)10-12-2-4-17(24)18(25)7-12/h2-9,26-27H,10H2,1H3. The van der Waals surface area contributed by atoms with Crippen molar-refractivity contribution in [3.05, 3.63) is 91.7 Å². The number of rotatable bonds is 5. The van der Waals surface area contributed by atoms with Gasteiger partial charge in [-0.05, 0) is 60.5 Å². The number of benzene rings is 3. The van der Waals surface area contributed by atoms with Gasteiger partial charge < -0.3 is 0 Å². The van der Waals surface area contributed by atoms with Crippen LogP contribution in [0, 0.1) is 18.6 Å². The predicted octanol–water partition coefficient (Wildman–Crippen LogP) is 5.07. The molecule has 3 aromatic carbocycles. The number of hydrogen-bond donors (Lipinski definition) is 2. The summed E-state index contributed by atoms with van der Waals surface area (Å²) in [6.45, 7) is 1.55. The molecule has 0 radical (unpaired) electrons. The van der Waals surface area contributed by atoms with Crippen molar-refractivity contribution in [1.82, 2.24) is 9.78 Å². The third-order valence-corrected chi connectivity index (χ3v) is 7.00. The summed E-state index contributed by atoms with van der Waals surface area (Å²) in [6, 6.07) is 10.6. The molecule has 32 heavy (non-hydrogen) atoms. The van der Waals surface area contributed by atoms with Crippen molar-refractivity contribution in [3.63, 3.8) is 0 Å². The van der Waals surface area contributed by atoms with Crippen molar-refractivity contribution in [2.45, 2.75) is 18.4 Å². The molecule has 0 atom stereocenters. The van der Waals surface area contributed by atoms with Crippen LogP contribution in [0.3, 0.4) is 0 Å². The highest BCUT2D eigenvalue weighted by molar-refractivity contribution is 7.92. The largest absolute Gasteiger partial charge is 0.295 e. The van der Waals surface area contributed by atoms with Crippen LogP contribution >= 0.6 is 23.2 Å². The molecule has 0 amide bonds. The third kappa shape index (κ3) is 4.23. The molecule has 0 saturated heterocycles. The van der Waals surface area contributed by atoms with Crippen LogP contribution in [0.1, 0.15) is 11.1 Å². The summed E-state index contributed by atoms with van der Waals surface area (Å²) < 4.78 is 56.0. The van der Waals surface area contributed by atoms with Gasteiger partial charge in [-0.3, -0.25) is 14.6 Å². The first-order valence-corrected chi connectivity index (χ1v) is 11.4. The van der Waals surface area contributed by atoms with Gasteiger partial charge in [-0.25, -0.2) is 21.9 Å². The van der Waals surface area contributed by atoms with E-state index in [1.165, 1.54) is 41.1 Å². The Bertz CT molecular complexity index is 1510. The Balaban J connectivity index is 1.68. The topological polar surface area (TPSA) is 84.0 Å². The summed E-state index contributed by atoms with van der Waals surface area (Å²) in [6.07, 6.45) is 0. The molecule has 0 unspecified atom stereocenters. The molecule has 4 rings (SSSR count). The van der Waals surface area contributed by atoms with Gasteiger partial charge >= 0.3 is 0 Å². The van der Waals surface area contributed by atoms with Gasteiger partial charge in [-0.2, -0.15) is 0 Å². The van der Waals surface area contributed by atoms with Gasteiger partial charge in [0, 0.05) is 10.7 Å². The van der Waals surface area contributed by atoms with E-state index >= 15 is 0 Å². The van der Waals surface area contributed by atoms with E-state index in [-0.39, 0.29) is 27.5 Å². The highest BCUT2D eigenvalue weighted by Gasteiger charge is 2.22. The summed E-state index contributed by atoms with van der Waals surface area (Å²) in [7, 11) is -4.06. The van der Waals surface area contributed by atoms with E-state index in [2.05, 4.69) is 9.82 Å². The molecule has 0 bridgehead atoms. The van der Waals surface area contributed by atoms with Crippen molar-refractivity contribution in [1.29, 1.82) is 0 Å². The maximum absolute atomic E-state index is 13.5. The molecule has 0 spiro atoms. The minimum atomic E-state index is -4.06. The van der Waals surface area contributed by atoms with E-state index < -0.39 is 27.2 Å². The zero-order valence-electron chi connectivity index (χ0n) is 16.4. The maximum Gasteiger partial charge on any atom is 0.274 e. The second-order valence-corrected chi connectivity index (χ2v) is 9.61. The van der Waals surface area contributed by atoms with Crippen LogP contribution < -0.4 is 10.3 Å². The van der Waals surface area contributed by atoms with Gasteiger partial charge in [0.05, 0.1) is 22.5 Å². The van der Waals surface area contributed by atoms with E-state index in [9.17, 15) is 22.0 Å². The molecule has 0 fully saturated rings. The van der Waals surface area contributed by atoms with Crippen molar-refractivity contribution >= 4 is 49.8 Å². The van der Waals surface area contributed by atoms with Crippen LogP contribution in [0.5, 0.6) is 0 Å². The van der Waals surface area contributed by atoms with Crippen molar-refractivity contribution in [2.75, 3.05) is 4.72 Å². The summed E-state index contributed by atoms with van der Waals surface area (Å²) in [4.78, 5) is 12.7. The molecule has 6 nitrogen and oxygen atoms in total. The smallest absolute Gasteiger partial charge is 0.274 e. The molecule has 166 valence electrons. The molecule has 0 aliphatic rings. The van der Waals surface area contributed by atoms with Gasteiger partial charge in [-0.15, -0.1) is 0 Å². The quantitative estimate of drug-likeness (QED) is 0.403. The van der Waals surface area contributed by atoms with E-state index in [1.54, 1.807) is 6.92 Å². The molecule has 0 aliphatic heterocycles. The number of aromatic nitrogens is 2. The van der Waals surface area contributed by atoms with E-state index in [1.807, 2.05) is 0 Å². The molecule has 0 aliphatic carbocycles. The average Bonchev–Trinajstić information content (AvgIpc) is 2.98. The molecule has 11 heteroatoms. The van der Waals surface area contributed by atoms with Gasteiger partial charge in [0.2, 0.25) is 0 Å². The van der Waals surface area contributed by atoms with E-state index in [4.69, 9.17) is 23.2 Å². The fourth-order valence-electron chi connectivity index (χ4n) is 3.39. The Morgan fingerprint density at radius 1 is 1.03 bits per heavy atom. The normalized spacial score (nSPS) is 11.8. The number of hydrogen-bond acceptors (Lipinski definition) is 3.